The minimum Gasteiger partial charge on any atom is -0.305 e. The van der Waals surface area contributed by atoms with Crippen molar-refractivity contribution in [3.8, 4) is 0 Å². The molecule has 3 heteroatoms. The van der Waals surface area contributed by atoms with E-state index in [0.29, 0.717) is 0 Å². The van der Waals surface area contributed by atoms with Crippen LogP contribution in [-0.2, 0) is 0 Å². The molecule has 0 saturated heterocycles. The van der Waals surface area contributed by atoms with Crippen LogP contribution in [-0.4, -0.2) is 9.97 Å². The summed E-state index contributed by atoms with van der Waals surface area (Å²) >= 11 is 0. The predicted molar refractivity (Wildman–Crippen MR) is 52.6 cm³/mol. The van der Waals surface area contributed by atoms with Gasteiger partial charge in [-0.3, -0.25) is 0 Å². The molecule has 2 rings (SSSR count). The first-order valence-electron chi connectivity index (χ1n) is 3.86. The Balaban J connectivity index is 0.000000845. The van der Waals surface area contributed by atoms with Crippen LogP contribution in [0.5, 0.6) is 0 Å². The number of fused-ring (bicyclic) bond motifs is 1. The fourth-order valence-corrected chi connectivity index (χ4v) is 1.39. The summed E-state index contributed by atoms with van der Waals surface area (Å²) in [7, 11) is 0. The monoisotopic (exact) mass is 166 g/mol. The fraction of sp³-hybridized carbons (Fsp3) is 0.222. The second kappa shape index (κ2) is 2.24. The Labute approximate surface area is 72.4 Å². The van der Waals surface area contributed by atoms with Crippen molar-refractivity contribution in [2.45, 2.75) is 13.8 Å². The summed E-state index contributed by atoms with van der Waals surface area (Å²) in [4.78, 5) is 16.5. The van der Waals surface area contributed by atoms with Crippen molar-refractivity contribution in [1.29, 1.82) is 0 Å². The normalized spacial score (nSPS) is 10.8. The Kier molecular flexibility index (Phi) is 1.33. The Bertz CT molecular complexity index is 445. The van der Waals surface area contributed by atoms with Crippen LogP contribution in [0, 0.1) is 13.8 Å². The summed E-state index contributed by atoms with van der Waals surface area (Å²) in [5.74, 6) is 0. The summed E-state index contributed by atoms with van der Waals surface area (Å²) in [5.41, 5.74) is 3.88. The van der Waals surface area contributed by atoms with E-state index < -0.39 is 0 Å². The third-order valence-electron chi connectivity index (χ3n) is 2.10. The van der Waals surface area contributed by atoms with Crippen LogP contribution in [0.2, 0.25) is 0 Å². The van der Waals surface area contributed by atoms with Gasteiger partial charge >= 0.3 is 5.69 Å². The molecule has 0 saturated carbocycles. The number of H-pyrrole nitrogens is 2. The topological polar surface area (TPSA) is 48.6 Å². The molecule has 0 unspecified atom stereocenters. The number of imidazole rings is 1. The highest BCUT2D eigenvalue weighted by Crippen LogP contribution is 2.15. The van der Waals surface area contributed by atoms with Crippen molar-refractivity contribution in [3.63, 3.8) is 0 Å². The first kappa shape index (κ1) is 7.16. The number of rotatable bonds is 0. The summed E-state index contributed by atoms with van der Waals surface area (Å²) in [5, 5.41) is 0. The molecule has 12 heavy (non-hydrogen) atoms. The SMILES string of the molecule is Cc1ccc(C)c2[nH]c(=O)[nH]c12.[HH].[HH]. The summed E-state index contributed by atoms with van der Waals surface area (Å²) < 4.78 is 0. The zero-order valence-electron chi connectivity index (χ0n) is 7.06. The number of benzene rings is 1. The van der Waals surface area contributed by atoms with Crippen LogP contribution in [0.25, 0.3) is 11.0 Å². The van der Waals surface area contributed by atoms with E-state index >= 15 is 0 Å². The lowest BCUT2D eigenvalue weighted by Gasteiger charge is -1.97. The van der Waals surface area contributed by atoms with Crippen LogP contribution in [0.15, 0.2) is 16.9 Å². The molecular formula is C9H14N2O. The lowest BCUT2D eigenvalue weighted by atomic mass is 10.1. The molecule has 0 atom stereocenters. The van der Waals surface area contributed by atoms with Gasteiger partial charge in [-0.1, -0.05) is 12.1 Å². The summed E-state index contributed by atoms with van der Waals surface area (Å²) in [6.45, 7) is 3.96. The third kappa shape index (κ3) is 0.863. The molecule has 66 valence electrons. The molecular weight excluding hydrogens is 152 g/mol. The van der Waals surface area contributed by atoms with Gasteiger partial charge in [0.05, 0.1) is 11.0 Å². The lowest BCUT2D eigenvalue weighted by molar-refractivity contribution is 1.21. The first-order valence-corrected chi connectivity index (χ1v) is 3.86. The van der Waals surface area contributed by atoms with E-state index in [1.54, 1.807) is 0 Å². The number of nitrogens with one attached hydrogen (secondary N) is 2. The molecule has 2 aromatic rings. The third-order valence-corrected chi connectivity index (χ3v) is 2.10. The first-order chi connectivity index (χ1) is 5.68. The van der Waals surface area contributed by atoms with Crippen molar-refractivity contribution in [2.75, 3.05) is 0 Å². The highest BCUT2D eigenvalue weighted by atomic mass is 16.1. The average molecular weight is 166 g/mol. The van der Waals surface area contributed by atoms with Gasteiger partial charge in [0, 0.05) is 2.85 Å². The number of hydrogen-bond acceptors (Lipinski definition) is 1. The van der Waals surface area contributed by atoms with Gasteiger partial charge in [0.15, 0.2) is 0 Å². The van der Waals surface area contributed by atoms with E-state index in [-0.39, 0.29) is 8.54 Å². The van der Waals surface area contributed by atoms with Gasteiger partial charge in [0.1, 0.15) is 0 Å². The Hall–Kier alpha value is -1.51. The van der Waals surface area contributed by atoms with Gasteiger partial charge in [-0.2, -0.15) is 0 Å². The van der Waals surface area contributed by atoms with Gasteiger partial charge < -0.3 is 9.97 Å². The zero-order valence-corrected chi connectivity index (χ0v) is 7.06. The number of aryl methyl sites for hydroxylation is 2. The standard InChI is InChI=1S/C9H10N2O.2H2/c1-5-3-4-6(2)8-7(5)10-9(12)11-8;;/h3-4H,1-2H3,(H2,10,11,12);2*1H. The van der Waals surface area contributed by atoms with E-state index in [1.807, 2.05) is 26.0 Å². The molecule has 2 N–H and O–H groups in total. The molecule has 0 spiro atoms. The molecule has 0 radical (unpaired) electrons. The lowest BCUT2D eigenvalue weighted by Crippen LogP contribution is -1.99. The van der Waals surface area contributed by atoms with E-state index in [4.69, 9.17) is 0 Å². The molecule has 1 aromatic carbocycles. The molecule has 0 amide bonds. The molecule has 1 aromatic heterocycles. The van der Waals surface area contributed by atoms with Crippen LogP contribution < -0.4 is 5.69 Å². The quantitative estimate of drug-likeness (QED) is 0.617. The molecule has 1 heterocycles. The number of aromatic nitrogens is 2. The van der Waals surface area contributed by atoms with E-state index in [1.165, 1.54) is 0 Å². The van der Waals surface area contributed by atoms with Crippen molar-refractivity contribution in [3.05, 3.63) is 33.7 Å². The second-order valence-electron chi connectivity index (χ2n) is 3.03. The van der Waals surface area contributed by atoms with Crippen molar-refractivity contribution in [1.82, 2.24) is 9.97 Å². The van der Waals surface area contributed by atoms with Gasteiger partial charge in [-0.15, -0.1) is 0 Å². The highest BCUT2D eigenvalue weighted by molar-refractivity contribution is 5.81. The summed E-state index contributed by atoms with van der Waals surface area (Å²) in [6, 6.07) is 4.00. The molecule has 0 fully saturated rings. The predicted octanol–water partition coefficient (Wildman–Crippen LogP) is 1.97. The maximum atomic E-state index is 11.0. The van der Waals surface area contributed by atoms with Crippen LogP contribution >= 0.6 is 0 Å². The molecule has 0 aliphatic rings. The minimum absolute atomic E-state index is 0. The Morgan fingerprint density at radius 2 is 1.50 bits per heavy atom. The van der Waals surface area contributed by atoms with Gasteiger partial charge in [0.25, 0.3) is 0 Å². The van der Waals surface area contributed by atoms with Gasteiger partial charge in [0.2, 0.25) is 0 Å². The highest BCUT2D eigenvalue weighted by Gasteiger charge is 2.02. The number of aromatic amines is 2. The zero-order chi connectivity index (χ0) is 8.72. The van der Waals surface area contributed by atoms with E-state index in [0.717, 1.165) is 22.2 Å². The average Bonchev–Trinajstić information content (AvgIpc) is 2.41. The van der Waals surface area contributed by atoms with E-state index in [2.05, 4.69) is 9.97 Å². The van der Waals surface area contributed by atoms with Gasteiger partial charge in [-0.05, 0) is 25.0 Å². The fourth-order valence-electron chi connectivity index (χ4n) is 1.39. The molecule has 3 nitrogen and oxygen atoms in total. The minimum atomic E-state index is -0.137. The van der Waals surface area contributed by atoms with Crippen molar-refractivity contribution < 1.29 is 2.85 Å². The second-order valence-corrected chi connectivity index (χ2v) is 3.03. The smallest absolute Gasteiger partial charge is 0.305 e. The molecule has 0 aliphatic carbocycles. The largest absolute Gasteiger partial charge is 0.323 e. The number of hydrogen-bond donors (Lipinski definition) is 2. The maximum absolute atomic E-state index is 11.0. The Morgan fingerprint density at radius 1 is 1.08 bits per heavy atom. The molecule has 0 bridgehead atoms. The maximum Gasteiger partial charge on any atom is 0.323 e. The van der Waals surface area contributed by atoms with E-state index in [9.17, 15) is 4.79 Å². The molecule has 0 aliphatic heterocycles. The van der Waals surface area contributed by atoms with Crippen molar-refractivity contribution in [2.24, 2.45) is 0 Å². The van der Waals surface area contributed by atoms with Gasteiger partial charge in [-0.25, -0.2) is 4.79 Å². The van der Waals surface area contributed by atoms with Crippen molar-refractivity contribution >= 4 is 11.0 Å². The summed E-state index contributed by atoms with van der Waals surface area (Å²) in [6.07, 6.45) is 0. The van der Waals surface area contributed by atoms with Crippen LogP contribution in [0.3, 0.4) is 0 Å². The van der Waals surface area contributed by atoms with Crippen LogP contribution in [0.4, 0.5) is 0 Å². The Morgan fingerprint density at radius 3 is 1.92 bits per heavy atom. The van der Waals surface area contributed by atoms with Crippen LogP contribution in [0.1, 0.15) is 14.0 Å².